The second kappa shape index (κ2) is 6.05. The maximum absolute atomic E-state index is 11.6. The van der Waals surface area contributed by atoms with Crippen molar-refractivity contribution in [2.45, 2.75) is 19.1 Å². The first-order chi connectivity index (χ1) is 7.22. The Morgan fingerprint density at radius 1 is 1.47 bits per heavy atom. The lowest BCUT2D eigenvalue weighted by atomic mass is 10.2. The number of nitrogens with zero attached hydrogens (tertiary/aromatic N) is 1. The van der Waals surface area contributed by atoms with Gasteiger partial charge in [-0.2, -0.15) is 0 Å². The second-order valence-electron chi connectivity index (χ2n) is 3.60. The van der Waals surface area contributed by atoms with Crippen LogP contribution in [0, 0.1) is 0 Å². The zero-order valence-corrected chi connectivity index (χ0v) is 9.66. The molecule has 1 heterocycles. The average molecular weight is 216 g/mol. The predicted octanol–water partition coefficient (Wildman–Crippen LogP) is -0.532. The molecule has 88 valence electrons. The van der Waals surface area contributed by atoms with E-state index in [4.69, 9.17) is 9.47 Å². The lowest BCUT2D eigenvalue weighted by Crippen LogP contribution is -2.36. The summed E-state index contributed by atoms with van der Waals surface area (Å²) in [4.78, 5) is 13.4. The molecule has 1 amide bonds. The topological polar surface area (TPSA) is 50.8 Å². The van der Waals surface area contributed by atoms with Gasteiger partial charge >= 0.3 is 0 Å². The number of carbonyl (C=O) groups is 1. The van der Waals surface area contributed by atoms with E-state index in [2.05, 4.69) is 5.32 Å². The monoisotopic (exact) mass is 216 g/mol. The van der Waals surface area contributed by atoms with E-state index in [1.807, 2.05) is 6.92 Å². The Kier molecular flexibility index (Phi) is 5.01. The van der Waals surface area contributed by atoms with Crippen LogP contribution in [0.25, 0.3) is 0 Å². The minimum absolute atomic E-state index is 0.00533. The van der Waals surface area contributed by atoms with Crippen molar-refractivity contribution < 1.29 is 14.3 Å². The number of carbonyl (C=O) groups excluding carboxylic acids is 1. The normalized spacial score (nSPS) is 25.9. The van der Waals surface area contributed by atoms with Crippen LogP contribution in [0.1, 0.15) is 6.92 Å². The van der Waals surface area contributed by atoms with Gasteiger partial charge in [0.25, 0.3) is 0 Å². The maximum atomic E-state index is 11.6. The molecular weight excluding hydrogens is 196 g/mol. The summed E-state index contributed by atoms with van der Waals surface area (Å²) < 4.78 is 10.8. The Morgan fingerprint density at radius 2 is 2.13 bits per heavy atom. The highest BCUT2D eigenvalue weighted by molar-refractivity contribution is 5.78. The number of rotatable bonds is 5. The van der Waals surface area contributed by atoms with E-state index in [1.54, 1.807) is 19.1 Å². The van der Waals surface area contributed by atoms with Crippen LogP contribution in [0.3, 0.4) is 0 Å². The quantitative estimate of drug-likeness (QED) is 0.671. The molecule has 0 spiro atoms. The van der Waals surface area contributed by atoms with Crippen molar-refractivity contribution in [3.05, 3.63) is 0 Å². The molecule has 1 aliphatic heterocycles. The molecule has 0 bridgehead atoms. The van der Waals surface area contributed by atoms with Gasteiger partial charge in [0, 0.05) is 26.8 Å². The Hall–Kier alpha value is -0.650. The van der Waals surface area contributed by atoms with Crippen LogP contribution in [0.2, 0.25) is 0 Å². The summed E-state index contributed by atoms with van der Waals surface area (Å²) in [6.07, 6.45) is 0.0200. The van der Waals surface area contributed by atoms with E-state index in [-0.39, 0.29) is 18.1 Å². The number of ether oxygens (including phenoxy) is 2. The summed E-state index contributed by atoms with van der Waals surface area (Å²) in [5.74, 6) is 0.0988. The third kappa shape index (κ3) is 3.15. The van der Waals surface area contributed by atoms with Crippen LogP contribution in [-0.4, -0.2) is 63.4 Å². The molecule has 1 fully saturated rings. The molecule has 5 heteroatoms. The van der Waals surface area contributed by atoms with Crippen LogP contribution in [0.4, 0.5) is 0 Å². The number of hydrogen-bond acceptors (Lipinski definition) is 4. The van der Waals surface area contributed by atoms with Gasteiger partial charge in [-0.15, -0.1) is 0 Å². The van der Waals surface area contributed by atoms with Crippen molar-refractivity contribution in [1.29, 1.82) is 0 Å². The molecule has 1 saturated heterocycles. The Bertz CT molecular complexity index is 211. The first-order valence-corrected chi connectivity index (χ1v) is 5.29. The lowest BCUT2D eigenvalue weighted by molar-refractivity contribution is -0.129. The smallest absolute Gasteiger partial charge is 0.236 e. The molecule has 15 heavy (non-hydrogen) atoms. The largest absolute Gasteiger partial charge is 0.377 e. The van der Waals surface area contributed by atoms with Crippen LogP contribution < -0.4 is 5.32 Å². The summed E-state index contributed by atoms with van der Waals surface area (Å²) in [5.41, 5.74) is 0. The summed E-state index contributed by atoms with van der Waals surface area (Å²) in [7, 11) is 3.42. The van der Waals surface area contributed by atoms with Crippen molar-refractivity contribution in [3.63, 3.8) is 0 Å². The van der Waals surface area contributed by atoms with E-state index in [0.29, 0.717) is 26.2 Å². The van der Waals surface area contributed by atoms with Gasteiger partial charge in [-0.3, -0.25) is 4.79 Å². The fourth-order valence-corrected chi connectivity index (χ4v) is 1.81. The fourth-order valence-electron chi connectivity index (χ4n) is 1.81. The first-order valence-electron chi connectivity index (χ1n) is 5.29. The second-order valence-corrected chi connectivity index (χ2v) is 3.60. The van der Waals surface area contributed by atoms with E-state index in [9.17, 15) is 4.79 Å². The van der Waals surface area contributed by atoms with Gasteiger partial charge in [0.15, 0.2) is 0 Å². The maximum Gasteiger partial charge on any atom is 0.236 e. The van der Waals surface area contributed by atoms with Gasteiger partial charge in [-0.25, -0.2) is 0 Å². The molecule has 0 unspecified atom stereocenters. The highest BCUT2D eigenvalue weighted by atomic mass is 16.5. The third-order valence-corrected chi connectivity index (χ3v) is 2.58. The molecule has 1 N–H and O–H groups in total. The van der Waals surface area contributed by atoms with E-state index in [1.165, 1.54) is 0 Å². The molecule has 2 atom stereocenters. The third-order valence-electron chi connectivity index (χ3n) is 2.58. The van der Waals surface area contributed by atoms with E-state index < -0.39 is 0 Å². The summed E-state index contributed by atoms with van der Waals surface area (Å²) >= 11 is 0. The predicted molar refractivity (Wildman–Crippen MR) is 56.7 cm³/mol. The number of hydrogen-bond donors (Lipinski definition) is 1. The minimum atomic E-state index is 0.00533. The number of likely N-dealkylation sites (N-methyl/N-ethyl adjacent to an activating group) is 1. The highest BCUT2D eigenvalue weighted by Gasteiger charge is 2.35. The van der Waals surface area contributed by atoms with Crippen LogP contribution in [-0.2, 0) is 14.3 Å². The number of amides is 1. The first kappa shape index (κ1) is 12.4. The Labute approximate surface area is 90.7 Å². The molecule has 1 aliphatic rings. The summed E-state index contributed by atoms with van der Waals surface area (Å²) in [6, 6.07) is 0. The van der Waals surface area contributed by atoms with Gasteiger partial charge in [-0.05, 0) is 14.0 Å². The summed E-state index contributed by atoms with van der Waals surface area (Å²) in [6.45, 7) is 4.23. The molecule has 5 nitrogen and oxygen atoms in total. The fraction of sp³-hybridized carbons (Fsp3) is 0.900. The Balaban J connectivity index is 2.48. The Morgan fingerprint density at radius 3 is 2.67 bits per heavy atom. The molecule has 0 aromatic heterocycles. The zero-order chi connectivity index (χ0) is 11.3. The molecule has 0 aromatic rings. The van der Waals surface area contributed by atoms with E-state index >= 15 is 0 Å². The standard InChI is InChI=1S/C10H20N2O3/c1-4-15-9-7-12(6-8(9)14-3)10(13)5-11-2/h8-9,11H,4-7H2,1-3H3/t8-,9-/m1/s1. The average Bonchev–Trinajstić information content (AvgIpc) is 2.62. The van der Waals surface area contributed by atoms with Gasteiger partial charge in [0.1, 0.15) is 12.2 Å². The lowest BCUT2D eigenvalue weighted by Gasteiger charge is -2.15. The van der Waals surface area contributed by atoms with Gasteiger partial charge in [0.05, 0.1) is 6.54 Å². The number of nitrogens with one attached hydrogen (secondary N) is 1. The summed E-state index contributed by atoms with van der Waals surface area (Å²) in [5, 5.41) is 2.85. The van der Waals surface area contributed by atoms with Crippen LogP contribution in [0.5, 0.6) is 0 Å². The molecule has 0 aliphatic carbocycles. The number of methoxy groups -OCH3 is 1. The van der Waals surface area contributed by atoms with Gasteiger partial charge in [0.2, 0.25) is 5.91 Å². The number of likely N-dealkylation sites (tertiary alicyclic amines) is 1. The van der Waals surface area contributed by atoms with Crippen LogP contribution >= 0.6 is 0 Å². The van der Waals surface area contributed by atoms with Crippen LogP contribution in [0.15, 0.2) is 0 Å². The van der Waals surface area contributed by atoms with Crippen molar-refractivity contribution in [2.24, 2.45) is 0 Å². The SMILES string of the molecule is CCO[C@@H]1CN(C(=O)CNC)C[C@H]1OC. The van der Waals surface area contributed by atoms with Crippen molar-refractivity contribution in [3.8, 4) is 0 Å². The van der Waals surface area contributed by atoms with Crippen molar-refractivity contribution >= 4 is 5.91 Å². The van der Waals surface area contributed by atoms with Gasteiger partial charge < -0.3 is 19.7 Å². The van der Waals surface area contributed by atoms with Crippen molar-refractivity contribution in [2.75, 3.05) is 40.4 Å². The van der Waals surface area contributed by atoms with Crippen molar-refractivity contribution in [1.82, 2.24) is 10.2 Å². The molecular formula is C10H20N2O3. The van der Waals surface area contributed by atoms with Gasteiger partial charge in [-0.1, -0.05) is 0 Å². The van der Waals surface area contributed by atoms with E-state index in [0.717, 1.165) is 0 Å². The molecule has 0 saturated carbocycles. The molecule has 0 aromatic carbocycles. The minimum Gasteiger partial charge on any atom is -0.377 e. The zero-order valence-electron chi connectivity index (χ0n) is 9.66. The molecule has 1 rings (SSSR count). The molecule has 0 radical (unpaired) electrons. The highest BCUT2D eigenvalue weighted by Crippen LogP contribution is 2.16.